The van der Waals surface area contributed by atoms with Gasteiger partial charge in [0.15, 0.2) is 0 Å². The predicted octanol–water partition coefficient (Wildman–Crippen LogP) is 4.50. The van der Waals surface area contributed by atoms with Gasteiger partial charge in [0.05, 0.1) is 6.42 Å². The van der Waals surface area contributed by atoms with E-state index in [0.29, 0.717) is 24.2 Å². The molecule has 0 saturated heterocycles. The smallest absolute Gasteiger partial charge is 0.254 e. The molecule has 0 saturated carbocycles. The highest BCUT2D eigenvalue weighted by Gasteiger charge is 2.24. The minimum atomic E-state index is -0.0639. The van der Waals surface area contributed by atoms with Crippen LogP contribution in [0.5, 0.6) is 0 Å². The SMILES string of the molecule is Cc1c(NC(=O)Cc2cccs2)cccc1C(=O)N1CCc2sccc2C1. The molecule has 138 valence electrons. The molecule has 0 atom stereocenters. The first-order chi connectivity index (χ1) is 13.1. The van der Waals surface area contributed by atoms with Gasteiger partial charge in [-0.2, -0.15) is 0 Å². The zero-order chi connectivity index (χ0) is 18.8. The summed E-state index contributed by atoms with van der Waals surface area (Å²) >= 11 is 3.33. The Bertz CT molecular complexity index is 976. The van der Waals surface area contributed by atoms with Gasteiger partial charge in [0.2, 0.25) is 5.91 Å². The molecule has 1 aliphatic rings. The number of anilines is 1. The molecule has 0 aliphatic carbocycles. The van der Waals surface area contributed by atoms with Crippen LogP contribution in [0.4, 0.5) is 5.69 Å². The number of carbonyl (C=O) groups is 2. The monoisotopic (exact) mass is 396 g/mol. The van der Waals surface area contributed by atoms with E-state index in [0.717, 1.165) is 23.4 Å². The zero-order valence-corrected chi connectivity index (χ0v) is 16.7. The van der Waals surface area contributed by atoms with Crippen molar-refractivity contribution < 1.29 is 9.59 Å². The van der Waals surface area contributed by atoms with Gasteiger partial charge in [0, 0.05) is 34.1 Å². The topological polar surface area (TPSA) is 49.4 Å². The fraction of sp³-hybridized carbons (Fsp3) is 0.238. The maximum absolute atomic E-state index is 13.1. The van der Waals surface area contributed by atoms with Gasteiger partial charge in [-0.15, -0.1) is 22.7 Å². The molecule has 0 bridgehead atoms. The molecule has 2 aromatic heterocycles. The van der Waals surface area contributed by atoms with E-state index in [1.165, 1.54) is 10.4 Å². The second kappa shape index (κ2) is 7.66. The average Bonchev–Trinajstić information content (AvgIpc) is 3.33. The van der Waals surface area contributed by atoms with Crippen molar-refractivity contribution >= 4 is 40.2 Å². The van der Waals surface area contributed by atoms with Crippen molar-refractivity contribution in [1.29, 1.82) is 0 Å². The first-order valence-corrected chi connectivity index (χ1v) is 10.6. The lowest BCUT2D eigenvalue weighted by Crippen LogP contribution is -2.35. The molecule has 0 unspecified atom stereocenters. The van der Waals surface area contributed by atoms with Crippen LogP contribution < -0.4 is 5.32 Å². The van der Waals surface area contributed by atoms with E-state index < -0.39 is 0 Å². The molecule has 3 aromatic rings. The molecule has 3 heterocycles. The van der Waals surface area contributed by atoms with Crippen molar-refractivity contribution in [2.24, 2.45) is 0 Å². The van der Waals surface area contributed by atoms with Crippen molar-refractivity contribution in [3.05, 3.63) is 73.6 Å². The first kappa shape index (κ1) is 17.9. The van der Waals surface area contributed by atoms with Crippen molar-refractivity contribution in [1.82, 2.24) is 4.90 Å². The minimum Gasteiger partial charge on any atom is -0.334 e. The Balaban J connectivity index is 1.50. The highest BCUT2D eigenvalue weighted by Crippen LogP contribution is 2.27. The fourth-order valence-electron chi connectivity index (χ4n) is 3.36. The Morgan fingerprint density at radius 1 is 1.11 bits per heavy atom. The highest BCUT2D eigenvalue weighted by atomic mass is 32.1. The molecule has 4 nitrogen and oxygen atoms in total. The molecule has 6 heteroatoms. The van der Waals surface area contributed by atoms with Crippen LogP contribution in [0, 0.1) is 6.92 Å². The second-order valence-corrected chi connectivity index (χ2v) is 8.66. The van der Waals surface area contributed by atoms with Crippen LogP contribution in [-0.2, 0) is 24.2 Å². The third-order valence-corrected chi connectivity index (χ3v) is 6.75. The maximum atomic E-state index is 13.1. The lowest BCUT2D eigenvalue weighted by Gasteiger charge is -2.28. The molecular formula is C21H20N2O2S2. The van der Waals surface area contributed by atoms with Gasteiger partial charge >= 0.3 is 0 Å². The summed E-state index contributed by atoms with van der Waals surface area (Å²) in [6.45, 7) is 3.29. The van der Waals surface area contributed by atoms with Crippen LogP contribution in [0.3, 0.4) is 0 Å². The average molecular weight is 397 g/mol. The van der Waals surface area contributed by atoms with Crippen LogP contribution in [0.2, 0.25) is 0 Å². The molecule has 0 radical (unpaired) electrons. The van der Waals surface area contributed by atoms with Gasteiger partial charge in [-0.25, -0.2) is 0 Å². The number of nitrogens with zero attached hydrogens (tertiary/aromatic N) is 1. The van der Waals surface area contributed by atoms with Gasteiger partial charge in [-0.05, 0) is 59.5 Å². The first-order valence-electron chi connectivity index (χ1n) is 8.88. The number of benzene rings is 1. The van der Waals surface area contributed by atoms with Crippen molar-refractivity contribution in [2.75, 3.05) is 11.9 Å². The van der Waals surface area contributed by atoms with E-state index >= 15 is 0 Å². The summed E-state index contributed by atoms with van der Waals surface area (Å²) in [5, 5.41) is 7.01. The second-order valence-electron chi connectivity index (χ2n) is 6.63. The number of rotatable bonds is 4. The van der Waals surface area contributed by atoms with Crippen molar-refractivity contribution in [3.8, 4) is 0 Å². The Labute approximate surface area is 166 Å². The van der Waals surface area contributed by atoms with E-state index in [1.54, 1.807) is 22.7 Å². The third-order valence-electron chi connectivity index (χ3n) is 4.85. The van der Waals surface area contributed by atoms with E-state index in [2.05, 4.69) is 16.8 Å². The number of hydrogen-bond acceptors (Lipinski definition) is 4. The molecular weight excluding hydrogens is 376 g/mol. The normalized spacial score (nSPS) is 13.3. The zero-order valence-electron chi connectivity index (χ0n) is 15.0. The Kier molecular flexibility index (Phi) is 5.09. The molecule has 1 N–H and O–H groups in total. The largest absolute Gasteiger partial charge is 0.334 e. The van der Waals surface area contributed by atoms with E-state index in [4.69, 9.17) is 0 Å². The third kappa shape index (κ3) is 3.82. The van der Waals surface area contributed by atoms with Crippen LogP contribution in [0.1, 0.15) is 31.2 Å². The molecule has 0 fully saturated rings. The van der Waals surface area contributed by atoms with Crippen LogP contribution in [-0.4, -0.2) is 23.3 Å². The summed E-state index contributed by atoms with van der Waals surface area (Å²) in [6, 6.07) is 11.5. The number of fused-ring (bicyclic) bond motifs is 1. The summed E-state index contributed by atoms with van der Waals surface area (Å²) in [4.78, 5) is 29.7. The van der Waals surface area contributed by atoms with Crippen molar-refractivity contribution in [3.63, 3.8) is 0 Å². The Hall–Kier alpha value is -2.44. The quantitative estimate of drug-likeness (QED) is 0.706. The molecule has 4 rings (SSSR count). The minimum absolute atomic E-state index is 0.0266. The van der Waals surface area contributed by atoms with Gasteiger partial charge < -0.3 is 10.2 Å². The van der Waals surface area contributed by atoms with Crippen LogP contribution in [0.15, 0.2) is 47.2 Å². The van der Waals surface area contributed by atoms with Gasteiger partial charge in [-0.3, -0.25) is 9.59 Å². The summed E-state index contributed by atoms with van der Waals surface area (Å²) < 4.78 is 0. The number of hydrogen-bond donors (Lipinski definition) is 1. The van der Waals surface area contributed by atoms with Gasteiger partial charge in [-0.1, -0.05) is 12.1 Å². The summed E-state index contributed by atoms with van der Waals surface area (Å²) in [6.07, 6.45) is 1.26. The molecule has 1 aliphatic heterocycles. The standard InChI is InChI=1S/C21H20N2O2S2/c1-14-17(21(25)23-9-7-19-15(13-23)8-11-27-19)5-2-6-18(14)22-20(24)12-16-4-3-10-26-16/h2-6,8,10-11H,7,9,12-13H2,1H3,(H,22,24). The van der Waals surface area contributed by atoms with Crippen LogP contribution >= 0.6 is 22.7 Å². The lowest BCUT2D eigenvalue weighted by molar-refractivity contribution is -0.115. The van der Waals surface area contributed by atoms with E-state index in [1.807, 2.05) is 47.5 Å². The molecule has 27 heavy (non-hydrogen) atoms. The number of amides is 2. The summed E-state index contributed by atoms with van der Waals surface area (Å²) in [5.74, 6) is -0.0373. The summed E-state index contributed by atoms with van der Waals surface area (Å²) in [7, 11) is 0. The number of carbonyl (C=O) groups excluding carboxylic acids is 2. The lowest BCUT2D eigenvalue weighted by atomic mass is 10.0. The van der Waals surface area contributed by atoms with Crippen molar-refractivity contribution in [2.45, 2.75) is 26.3 Å². The Morgan fingerprint density at radius 2 is 2.00 bits per heavy atom. The highest BCUT2D eigenvalue weighted by molar-refractivity contribution is 7.10. The Morgan fingerprint density at radius 3 is 2.81 bits per heavy atom. The molecule has 1 aromatic carbocycles. The van der Waals surface area contributed by atoms with Crippen LogP contribution in [0.25, 0.3) is 0 Å². The number of thiophene rings is 2. The fourth-order valence-corrected chi connectivity index (χ4v) is 4.95. The van der Waals surface area contributed by atoms with E-state index in [-0.39, 0.29) is 11.8 Å². The van der Waals surface area contributed by atoms with E-state index in [9.17, 15) is 9.59 Å². The molecule has 2 amide bonds. The summed E-state index contributed by atoms with van der Waals surface area (Å²) in [5.41, 5.74) is 3.43. The molecule has 0 spiro atoms. The predicted molar refractivity (Wildman–Crippen MR) is 111 cm³/mol. The van der Waals surface area contributed by atoms with Gasteiger partial charge in [0.25, 0.3) is 5.91 Å². The maximum Gasteiger partial charge on any atom is 0.254 e. The number of nitrogens with one attached hydrogen (secondary N) is 1. The van der Waals surface area contributed by atoms with Gasteiger partial charge in [0.1, 0.15) is 0 Å².